The fraction of sp³-hybridized carbons (Fsp3) is 0.385. The topological polar surface area (TPSA) is 47.3 Å². The van der Waals surface area contributed by atoms with Crippen LogP contribution in [0.15, 0.2) is 18.2 Å². The third kappa shape index (κ3) is 2.45. The number of aldehydes is 1. The summed E-state index contributed by atoms with van der Waals surface area (Å²) in [4.78, 5) is 15.1. The van der Waals surface area contributed by atoms with Crippen molar-refractivity contribution in [2.24, 2.45) is 0 Å². The molecule has 1 fully saturated rings. The second kappa shape index (κ2) is 4.98. The van der Waals surface area contributed by atoms with Crippen molar-refractivity contribution in [1.82, 2.24) is 4.90 Å². The molecule has 1 heterocycles. The van der Waals surface area contributed by atoms with Gasteiger partial charge in [-0.2, -0.15) is 5.26 Å². The van der Waals surface area contributed by atoms with E-state index in [4.69, 9.17) is 5.26 Å². The van der Waals surface area contributed by atoms with Gasteiger partial charge in [-0.3, -0.25) is 4.79 Å². The van der Waals surface area contributed by atoms with Gasteiger partial charge in [0.15, 0.2) is 0 Å². The van der Waals surface area contributed by atoms with Gasteiger partial charge in [-0.25, -0.2) is 0 Å². The quantitative estimate of drug-likeness (QED) is 0.713. The minimum atomic E-state index is 0.555. The number of likely N-dealkylation sites (N-methyl/N-ethyl adjacent to an activating group) is 1. The van der Waals surface area contributed by atoms with Gasteiger partial charge in [0.2, 0.25) is 0 Å². The van der Waals surface area contributed by atoms with Gasteiger partial charge in [0.25, 0.3) is 0 Å². The Morgan fingerprint density at radius 3 is 2.59 bits per heavy atom. The standard InChI is InChI=1S/C13H15N3O/c1-15-4-6-16(7-5-15)13-3-2-11(10-17)8-12(13)9-14/h2-3,8,10H,4-7H2,1H3. The lowest BCUT2D eigenvalue weighted by Gasteiger charge is -2.34. The zero-order chi connectivity index (χ0) is 12.3. The first kappa shape index (κ1) is 11.6. The Bertz CT molecular complexity index is 456. The van der Waals surface area contributed by atoms with Crippen molar-refractivity contribution in [2.45, 2.75) is 0 Å². The van der Waals surface area contributed by atoms with E-state index in [2.05, 4.69) is 22.9 Å². The highest BCUT2D eigenvalue weighted by molar-refractivity contribution is 5.78. The summed E-state index contributed by atoms with van der Waals surface area (Å²) in [6, 6.07) is 7.45. The Morgan fingerprint density at radius 2 is 2.00 bits per heavy atom. The lowest BCUT2D eigenvalue weighted by atomic mass is 10.1. The van der Waals surface area contributed by atoms with Crippen molar-refractivity contribution < 1.29 is 4.79 Å². The predicted octanol–water partition coefficient (Wildman–Crippen LogP) is 1.12. The fourth-order valence-electron chi connectivity index (χ4n) is 2.04. The Kier molecular flexibility index (Phi) is 3.40. The Balaban J connectivity index is 2.26. The average Bonchev–Trinajstić information content (AvgIpc) is 2.39. The maximum atomic E-state index is 10.7. The SMILES string of the molecule is CN1CCN(c2ccc(C=O)cc2C#N)CC1. The zero-order valence-corrected chi connectivity index (χ0v) is 9.89. The summed E-state index contributed by atoms with van der Waals surface area (Å²) < 4.78 is 0. The number of carbonyl (C=O) groups excluding carboxylic acids is 1. The van der Waals surface area contributed by atoms with Crippen LogP contribution in [0.1, 0.15) is 15.9 Å². The van der Waals surface area contributed by atoms with E-state index >= 15 is 0 Å². The van der Waals surface area contributed by atoms with E-state index in [9.17, 15) is 4.79 Å². The second-order valence-electron chi connectivity index (χ2n) is 4.30. The summed E-state index contributed by atoms with van der Waals surface area (Å²) in [6.45, 7) is 3.85. The van der Waals surface area contributed by atoms with Crippen LogP contribution in [0.25, 0.3) is 0 Å². The Morgan fingerprint density at radius 1 is 1.29 bits per heavy atom. The van der Waals surface area contributed by atoms with Crippen LogP contribution >= 0.6 is 0 Å². The molecule has 1 aromatic carbocycles. The first-order valence-electron chi connectivity index (χ1n) is 5.67. The molecule has 0 saturated carbocycles. The van der Waals surface area contributed by atoms with Crippen LogP contribution in [0.4, 0.5) is 5.69 Å². The molecule has 4 nitrogen and oxygen atoms in total. The number of anilines is 1. The van der Waals surface area contributed by atoms with E-state index in [1.165, 1.54) is 0 Å². The van der Waals surface area contributed by atoms with E-state index < -0.39 is 0 Å². The van der Waals surface area contributed by atoms with Gasteiger partial charge in [0.1, 0.15) is 12.4 Å². The molecule has 0 N–H and O–H groups in total. The van der Waals surface area contributed by atoms with Crippen LogP contribution in [0.3, 0.4) is 0 Å². The smallest absolute Gasteiger partial charge is 0.150 e. The maximum absolute atomic E-state index is 10.7. The van der Waals surface area contributed by atoms with Gasteiger partial charge in [-0.15, -0.1) is 0 Å². The highest BCUT2D eigenvalue weighted by Gasteiger charge is 2.17. The molecule has 1 aliphatic heterocycles. The summed E-state index contributed by atoms with van der Waals surface area (Å²) in [5.41, 5.74) is 2.07. The summed E-state index contributed by atoms with van der Waals surface area (Å²) in [7, 11) is 2.10. The molecule has 0 atom stereocenters. The van der Waals surface area contributed by atoms with Crippen molar-refractivity contribution in [3.8, 4) is 6.07 Å². The molecular weight excluding hydrogens is 214 g/mol. The van der Waals surface area contributed by atoms with E-state index in [1.807, 2.05) is 6.07 Å². The first-order valence-corrected chi connectivity index (χ1v) is 5.67. The molecule has 0 aliphatic carbocycles. The molecule has 88 valence electrons. The molecule has 4 heteroatoms. The largest absolute Gasteiger partial charge is 0.368 e. The maximum Gasteiger partial charge on any atom is 0.150 e. The normalized spacial score (nSPS) is 16.6. The van der Waals surface area contributed by atoms with Crippen molar-refractivity contribution >= 4 is 12.0 Å². The molecule has 0 bridgehead atoms. The molecular formula is C13H15N3O. The molecule has 0 spiro atoms. The number of benzene rings is 1. The molecule has 1 aromatic rings. The lowest BCUT2D eigenvalue weighted by Crippen LogP contribution is -2.44. The number of piperazine rings is 1. The highest BCUT2D eigenvalue weighted by atomic mass is 16.1. The van der Waals surface area contributed by atoms with Crippen LogP contribution < -0.4 is 4.90 Å². The van der Waals surface area contributed by atoms with Crippen molar-refractivity contribution in [3.05, 3.63) is 29.3 Å². The molecule has 1 saturated heterocycles. The van der Waals surface area contributed by atoms with Crippen molar-refractivity contribution in [2.75, 3.05) is 38.1 Å². The van der Waals surface area contributed by atoms with Crippen LogP contribution in [0, 0.1) is 11.3 Å². The molecule has 2 rings (SSSR count). The van der Waals surface area contributed by atoms with E-state index in [0.29, 0.717) is 11.1 Å². The molecule has 0 radical (unpaired) electrons. The highest BCUT2D eigenvalue weighted by Crippen LogP contribution is 2.22. The number of nitrogens with zero attached hydrogens (tertiary/aromatic N) is 3. The number of nitriles is 1. The lowest BCUT2D eigenvalue weighted by molar-refractivity contribution is 0.112. The van der Waals surface area contributed by atoms with Gasteiger partial charge >= 0.3 is 0 Å². The van der Waals surface area contributed by atoms with Crippen molar-refractivity contribution in [1.29, 1.82) is 5.26 Å². The van der Waals surface area contributed by atoms with Crippen molar-refractivity contribution in [3.63, 3.8) is 0 Å². The van der Waals surface area contributed by atoms with Gasteiger partial charge in [0.05, 0.1) is 11.3 Å². The third-order valence-electron chi connectivity index (χ3n) is 3.12. The van der Waals surface area contributed by atoms with Crippen LogP contribution in [0.5, 0.6) is 0 Å². The molecule has 17 heavy (non-hydrogen) atoms. The van der Waals surface area contributed by atoms with Crippen LogP contribution in [-0.2, 0) is 0 Å². The number of carbonyl (C=O) groups is 1. The number of hydrogen-bond donors (Lipinski definition) is 0. The molecule has 0 unspecified atom stereocenters. The second-order valence-corrected chi connectivity index (χ2v) is 4.30. The third-order valence-corrected chi connectivity index (χ3v) is 3.12. The van der Waals surface area contributed by atoms with E-state index in [1.54, 1.807) is 12.1 Å². The summed E-state index contributed by atoms with van der Waals surface area (Å²) in [5.74, 6) is 0. The van der Waals surface area contributed by atoms with Gasteiger partial charge in [-0.1, -0.05) is 0 Å². The number of hydrogen-bond acceptors (Lipinski definition) is 4. The van der Waals surface area contributed by atoms with Crippen LogP contribution in [0.2, 0.25) is 0 Å². The summed E-state index contributed by atoms with van der Waals surface area (Å²) in [6.07, 6.45) is 0.772. The molecule has 0 aromatic heterocycles. The Labute approximate surface area is 101 Å². The van der Waals surface area contributed by atoms with E-state index in [-0.39, 0.29) is 0 Å². The fourth-order valence-corrected chi connectivity index (χ4v) is 2.04. The molecule has 1 aliphatic rings. The van der Waals surface area contributed by atoms with Gasteiger partial charge < -0.3 is 9.80 Å². The predicted molar refractivity (Wildman–Crippen MR) is 66.3 cm³/mol. The average molecular weight is 229 g/mol. The minimum absolute atomic E-state index is 0.555. The van der Waals surface area contributed by atoms with E-state index in [0.717, 1.165) is 38.2 Å². The van der Waals surface area contributed by atoms with Crippen LogP contribution in [-0.4, -0.2) is 44.4 Å². The zero-order valence-electron chi connectivity index (χ0n) is 9.89. The summed E-state index contributed by atoms with van der Waals surface area (Å²) in [5, 5.41) is 9.12. The number of rotatable bonds is 2. The molecule has 0 amide bonds. The summed E-state index contributed by atoms with van der Waals surface area (Å²) >= 11 is 0. The van der Waals surface area contributed by atoms with Gasteiger partial charge in [-0.05, 0) is 25.2 Å². The first-order chi connectivity index (χ1) is 8.24. The Hall–Kier alpha value is -1.86. The minimum Gasteiger partial charge on any atom is -0.368 e. The van der Waals surface area contributed by atoms with Gasteiger partial charge in [0, 0.05) is 31.7 Å². The monoisotopic (exact) mass is 229 g/mol.